The molecule has 1 N–H and O–H groups in total. The van der Waals surface area contributed by atoms with Crippen LogP contribution in [0.4, 0.5) is 5.82 Å². The van der Waals surface area contributed by atoms with Crippen molar-refractivity contribution in [1.29, 1.82) is 0 Å². The van der Waals surface area contributed by atoms with E-state index in [0.717, 1.165) is 12.8 Å². The second kappa shape index (κ2) is 5.01. The van der Waals surface area contributed by atoms with E-state index in [-0.39, 0.29) is 22.4 Å². The second-order valence-electron chi connectivity index (χ2n) is 3.66. The Bertz CT molecular complexity index is 441. The average Bonchev–Trinajstić information content (AvgIpc) is 2.80. The van der Waals surface area contributed by atoms with Crippen LogP contribution in [0.25, 0.3) is 0 Å². The van der Waals surface area contributed by atoms with Crippen molar-refractivity contribution in [2.75, 3.05) is 18.5 Å². The van der Waals surface area contributed by atoms with E-state index in [1.54, 1.807) is 7.05 Å². The fourth-order valence-electron chi connectivity index (χ4n) is 1.93. The molecule has 1 amide bonds. The van der Waals surface area contributed by atoms with Crippen molar-refractivity contribution in [3.05, 3.63) is 10.4 Å². The molecule has 1 aromatic heterocycles. The molecule has 0 bridgehead atoms. The Hall–Kier alpha value is -1.14. The zero-order valence-corrected chi connectivity index (χ0v) is 10.7. The number of nitrogens with one attached hydrogen (secondary N) is 1. The van der Waals surface area contributed by atoms with Gasteiger partial charge in [0.2, 0.25) is 11.2 Å². The van der Waals surface area contributed by atoms with Crippen molar-refractivity contribution in [2.24, 2.45) is 0 Å². The quantitative estimate of drug-likeness (QED) is 0.868. The van der Waals surface area contributed by atoms with Gasteiger partial charge in [-0.3, -0.25) is 4.79 Å². The molecule has 1 saturated heterocycles. The third kappa shape index (κ3) is 2.42. The van der Waals surface area contributed by atoms with Crippen LogP contribution in [0.5, 0.6) is 0 Å². The maximum absolute atomic E-state index is 11.7. The molecule has 1 aromatic rings. The van der Waals surface area contributed by atoms with Crippen LogP contribution >= 0.6 is 23.2 Å². The molecule has 0 aliphatic carbocycles. The summed E-state index contributed by atoms with van der Waals surface area (Å²) in [5.41, 5.74) is 0. The van der Waals surface area contributed by atoms with Gasteiger partial charge in [-0.15, -0.1) is 10.2 Å². The minimum absolute atomic E-state index is 0.0203. The van der Waals surface area contributed by atoms with Gasteiger partial charge < -0.3 is 10.2 Å². The van der Waals surface area contributed by atoms with Crippen LogP contribution in [0.15, 0.2) is 0 Å². The predicted octanol–water partition coefficient (Wildman–Crippen LogP) is 0.893. The van der Waals surface area contributed by atoms with Crippen LogP contribution in [-0.2, 0) is 4.79 Å². The summed E-state index contributed by atoms with van der Waals surface area (Å²) in [7, 11) is 1.60. The van der Waals surface area contributed by atoms with Crippen molar-refractivity contribution in [2.45, 2.75) is 18.9 Å². The third-order valence-electron chi connectivity index (χ3n) is 2.68. The molecular weight excluding hydrogens is 265 g/mol. The van der Waals surface area contributed by atoms with E-state index in [0.29, 0.717) is 12.4 Å². The number of carbonyl (C=O) groups is 1. The first-order valence-electron chi connectivity index (χ1n) is 5.17. The highest BCUT2D eigenvalue weighted by Crippen LogP contribution is 2.29. The molecule has 2 rings (SSSR count). The van der Waals surface area contributed by atoms with Gasteiger partial charge in [-0.25, -0.2) is 0 Å². The van der Waals surface area contributed by atoms with Gasteiger partial charge in [0.15, 0.2) is 11.0 Å². The Morgan fingerprint density at radius 1 is 1.47 bits per heavy atom. The lowest BCUT2D eigenvalue weighted by Gasteiger charge is -2.24. The van der Waals surface area contributed by atoms with E-state index in [4.69, 9.17) is 23.2 Å². The summed E-state index contributed by atoms with van der Waals surface area (Å²) >= 11 is 11.6. The van der Waals surface area contributed by atoms with Crippen LogP contribution in [0, 0.1) is 0 Å². The number of hydrogen-bond donors (Lipinski definition) is 1. The number of halogens is 2. The highest BCUT2D eigenvalue weighted by atomic mass is 35.5. The number of amides is 1. The Labute approximate surface area is 108 Å². The lowest BCUT2D eigenvalue weighted by Crippen LogP contribution is -2.42. The molecule has 1 aliphatic rings. The van der Waals surface area contributed by atoms with Crippen molar-refractivity contribution in [1.82, 2.24) is 20.5 Å². The lowest BCUT2D eigenvalue weighted by atomic mass is 10.2. The summed E-state index contributed by atoms with van der Waals surface area (Å²) in [4.78, 5) is 17.5. The number of aromatic nitrogens is 3. The Balaban J connectivity index is 2.32. The van der Waals surface area contributed by atoms with Crippen LogP contribution < -0.4 is 10.2 Å². The van der Waals surface area contributed by atoms with E-state index < -0.39 is 0 Å². The fraction of sp³-hybridized carbons (Fsp3) is 0.556. The third-order valence-corrected chi connectivity index (χ3v) is 3.08. The topological polar surface area (TPSA) is 71.0 Å². The SMILES string of the molecule is CNC(=O)C1CCCN1c1nc(Cl)nnc1Cl. The monoisotopic (exact) mass is 275 g/mol. The fourth-order valence-corrected chi connectivity index (χ4v) is 2.23. The summed E-state index contributed by atoms with van der Waals surface area (Å²) in [6, 6.07) is -0.273. The minimum Gasteiger partial charge on any atom is -0.357 e. The summed E-state index contributed by atoms with van der Waals surface area (Å²) in [6.45, 7) is 0.701. The largest absolute Gasteiger partial charge is 0.357 e. The van der Waals surface area contributed by atoms with Crippen molar-refractivity contribution < 1.29 is 4.79 Å². The summed E-state index contributed by atoms with van der Waals surface area (Å²) in [5.74, 6) is 0.353. The van der Waals surface area contributed by atoms with Gasteiger partial charge in [-0.1, -0.05) is 11.6 Å². The van der Waals surface area contributed by atoms with Gasteiger partial charge in [-0.05, 0) is 24.4 Å². The van der Waals surface area contributed by atoms with E-state index in [2.05, 4.69) is 20.5 Å². The van der Waals surface area contributed by atoms with Gasteiger partial charge in [0, 0.05) is 13.6 Å². The second-order valence-corrected chi connectivity index (χ2v) is 4.36. The molecule has 6 nitrogen and oxygen atoms in total. The van der Waals surface area contributed by atoms with Gasteiger partial charge in [-0.2, -0.15) is 4.98 Å². The van der Waals surface area contributed by atoms with Gasteiger partial charge in [0.05, 0.1) is 0 Å². The highest BCUT2D eigenvalue weighted by molar-refractivity contribution is 6.32. The summed E-state index contributed by atoms with van der Waals surface area (Å²) < 4.78 is 0. The lowest BCUT2D eigenvalue weighted by molar-refractivity contribution is -0.121. The molecule has 2 heterocycles. The molecular formula is C9H11Cl2N5O. The normalized spacial score (nSPS) is 19.5. The zero-order chi connectivity index (χ0) is 12.4. The molecule has 92 valence electrons. The molecule has 0 saturated carbocycles. The zero-order valence-electron chi connectivity index (χ0n) is 9.15. The van der Waals surface area contributed by atoms with E-state index in [1.165, 1.54) is 0 Å². The highest BCUT2D eigenvalue weighted by Gasteiger charge is 2.32. The molecule has 0 aromatic carbocycles. The summed E-state index contributed by atoms with van der Waals surface area (Å²) in [5, 5.41) is 10.0. The van der Waals surface area contributed by atoms with E-state index in [9.17, 15) is 4.79 Å². The number of nitrogens with zero attached hydrogens (tertiary/aromatic N) is 4. The first-order chi connectivity index (χ1) is 8.13. The van der Waals surface area contributed by atoms with Crippen LogP contribution in [0.1, 0.15) is 12.8 Å². The maximum Gasteiger partial charge on any atom is 0.245 e. The molecule has 1 unspecified atom stereocenters. The number of anilines is 1. The standard InChI is InChI=1S/C9H11Cl2N5O/c1-12-8(17)5-3-2-4-16(5)7-6(10)14-15-9(11)13-7/h5H,2-4H2,1H3,(H,12,17). The van der Waals surface area contributed by atoms with E-state index in [1.807, 2.05) is 4.90 Å². The summed E-state index contributed by atoms with van der Waals surface area (Å²) in [6.07, 6.45) is 1.66. The van der Waals surface area contributed by atoms with Crippen LogP contribution in [0.2, 0.25) is 10.4 Å². The van der Waals surface area contributed by atoms with E-state index >= 15 is 0 Å². The average molecular weight is 276 g/mol. The maximum atomic E-state index is 11.7. The Kier molecular flexibility index (Phi) is 3.63. The van der Waals surface area contributed by atoms with Crippen molar-refractivity contribution in [3.8, 4) is 0 Å². The molecule has 1 aliphatic heterocycles. The molecule has 17 heavy (non-hydrogen) atoms. The molecule has 0 radical (unpaired) electrons. The minimum atomic E-state index is -0.273. The molecule has 0 spiro atoms. The van der Waals surface area contributed by atoms with Gasteiger partial charge in [0.1, 0.15) is 6.04 Å². The number of hydrogen-bond acceptors (Lipinski definition) is 5. The number of likely N-dealkylation sites (N-methyl/N-ethyl adjacent to an activating group) is 1. The predicted molar refractivity (Wildman–Crippen MR) is 64.3 cm³/mol. The van der Waals surface area contributed by atoms with Crippen LogP contribution in [-0.4, -0.2) is 40.7 Å². The molecule has 8 heteroatoms. The molecule has 1 fully saturated rings. The Morgan fingerprint density at radius 3 is 2.94 bits per heavy atom. The smallest absolute Gasteiger partial charge is 0.245 e. The van der Waals surface area contributed by atoms with Crippen molar-refractivity contribution >= 4 is 34.9 Å². The van der Waals surface area contributed by atoms with Crippen molar-refractivity contribution in [3.63, 3.8) is 0 Å². The van der Waals surface area contributed by atoms with Gasteiger partial charge >= 0.3 is 0 Å². The Morgan fingerprint density at radius 2 is 2.24 bits per heavy atom. The van der Waals surface area contributed by atoms with Crippen LogP contribution in [0.3, 0.4) is 0 Å². The molecule has 1 atom stereocenters. The number of carbonyl (C=O) groups excluding carboxylic acids is 1. The first-order valence-corrected chi connectivity index (χ1v) is 5.93. The van der Waals surface area contributed by atoms with Gasteiger partial charge in [0.25, 0.3) is 0 Å². The number of rotatable bonds is 2. The first kappa shape index (κ1) is 12.3.